The average Bonchev–Trinajstić information content (AvgIpc) is 2.55. The van der Waals surface area contributed by atoms with E-state index in [0.29, 0.717) is 23.4 Å². The minimum atomic E-state index is -0.952. The third kappa shape index (κ3) is 1.37. The molecule has 0 aliphatic carbocycles. The summed E-state index contributed by atoms with van der Waals surface area (Å²) >= 11 is 0. The lowest BCUT2D eigenvalue weighted by atomic mass is 10.2. The number of nitrogens with zero attached hydrogens (tertiary/aromatic N) is 2. The Bertz CT molecular complexity index is 531. The molecule has 0 radical (unpaired) electrons. The maximum atomic E-state index is 11.0. The predicted molar refractivity (Wildman–Crippen MR) is 55.6 cm³/mol. The van der Waals surface area contributed by atoms with E-state index in [1.807, 2.05) is 0 Å². The van der Waals surface area contributed by atoms with Crippen LogP contribution in [0.25, 0.3) is 11.0 Å². The fraction of sp³-hybridized carbons (Fsp3) is 0.200. The van der Waals surface area contributed by atoms with Gasteiger partial charge in [0.25, 0.3) is 0 Å². The highest BCUT2D eigenvalue weighted by Crippen LogP contribution is 2.19. The zero-order chi connectivity index (χ0) is 11.0. The lowest BCUT2D eigenvalue weighted by Crippen LogP contribution is -2.06. The van der Waals surface area contributed by atoms with Gasteiger partial charge in [0.05, 0.1) is 23.1 Å². The number of nitrogens with two attached hydrogens (primary N) is 1. The molecular formula is C10H11N3O2. The molecule has 2 rings (SSSR count). The van der Waals surface area contributed by atoms with Crippen LogP contribution in [0.1, 0.15) is 16.2 Å². The molecule has 0 saturated heterocycles. The van der Waals surface area contributed by atoms with Gasteiger partial charge in [0, 0.05) is 7.05 Å². The molecule has 0 fully saturated rings. The van der Waals surface area contributed by atoms with Crippen LogP contribution in [0.4, 0.5) is 0 Å². The van der Waals surface area contributed by atoms with Crippen molar-refractivity contribution in [2.45, 2.75) is 6.54 Å². The number of aromatic carboxylic acids is 1. The number of hydrogen-bond donors (Lipinski definition) is 2. The highest BCUT2D eigenvalue weighted by molar-refractivity contribution is 6.01. The van der Waals surface area contributed by atoms with Crippen molar-refractivity contribution in [3.05, 3.63) is 29.6 Å². The second-order valence-electron chi connectivity index (χ2n) is 3.27. The van der Waals surface area contributed by atoms with Crippen LogP contribution >= 0.6 is 0 Å². The normalized spacial score (nSPS) is 10.8. The molecule has 1 heterocycles. The van der Waals surface area contributed by atoms with E-state index in [1.165, 1.54) is 0 Å². The second kappa shape index (κ2) is 3.36. The molecule has 3 N–H and O–H groups in total. The van der Waals surface area contributed by atoms with Crippen molar-refractivity contribution < 1.29 is 9.90 Å². The second-order valence-corrected chi connectivity index (χ2v) is 3.27. The highest BCUT2D eigenvalue weighted by Gasteiger charge is 2.14. The summed E-state index contributed by atoms with van der Waals surface area (Å²) in [5.41, 5.74) is 7.04. The Kier molecular flexibility index (Phi) is 2.17. The quantitative estimate of drug-likeness (QED) is 0.757. The number of aromatic nitrogens is 2. The number of carboxylic acids is 1. The SMILES string of the molecule is Cn1c(CN)nc2cccc(C(=O)O)c21. The van der Waals surface area contributed by atoms with Crippen LogP contribution < -0.4 is 5.73 Å². The van der Waals surface area contributed by atoms with E-state index < -0.39 is 5.97 Å². The Balaban J connectivity index is 2.84. The molecule has 15 heavy (non-hydrogen) atoms. The molecule has 5 nitrogen and oxygen atoms in total. The molecule has 1 aromatic heterocycles. The van der Waals surface area contributed by atoms with Gasteiger partial charge in [-0.2, -0.15) is 0 Å². The van der Waals surface area contributed by atoms with Gasteiger partial charge in [-0.05, 0) is 12.1 Å². The van der Waals surface area contributed by atoms with Crippen LogP contribution in [0.5, 0.6) is 0 Å². The lowest BCUT2D eigenvalue weighted by molar-refractivity contribution is 0.0698. The summed E-state index contributed by atoms with van der Waals surface area (Å²) in [6.07, 6.45) is 0. The third-order valence-corrected chi connectivity index (χ3v) is 2.40. The summed E-state index contributed by atoms with van der Waals surface area (Å²) in [5.74, 6) is -0.272. The smallest absolute Gasteiger partial charge is 0.337 e. The number of rotatable bonds is 2. The molecule has 78 valence electrons. The number of benzene rings is 1. The first kappa shape index (κ1) is 9.67. The Morgan fingerprint density at radius 1 is 1.60 bits per heavy atom. The Morgan fingerprint density at radius 3 is 2.93 bits per heavy atom. The minimum Gasteiger partial charge on any atom is -0.478 e. The Labute approximate surface area is 86.1 Å². The first-order valence-corrected chi connectivity index (χ1v) is 4.53. The molecular weight excluding hydrogens is 194 g/mol. The van der Waals surface area contributed by atoms with E-state index in [1.54, 1.807) is 29.8 Å². The number of aryl methyl sites for hydroxylation is 1. The van der Waals surface area contributed by atoms with Gasteiger partial charge in [-0.1, -0.05) is 6.07 Å². The molecule has 0 saturated carbocycles. The standard InChI is InChI=1S/C10H11N3O2/c1-13-8(5-11)12-7-4-2-3-6(9(7)13)10(14)15/h2-4H,5,11H2,1H3,(H,14,15). The summed E-state index contributed by atoms with van der Waals surface area (Å²) < 4.78 is 1.72. The number of carboxylic acid groups (broad SMARTS) is 1. The van der Waals surface area contributed by atoms with E-state index in [0.717, 1.165) is 0 Å². The fourth-order valence-electron chi connectivity index (χ4n) is 1.67. The summed E-state index contributed by atoms with van der Waals surface area (Å²) in [5, 5.41) is 9.02. The maximum Gasteiger partial charge on any atom is 0.337 e. The first-order chi connectivity index (χ1) is 7.15. The van der Waals surface area contributed by atoms with E-state index in [4.69, 9.17) is 10.8 Å². The lowest BCUT2D eigenvalue weighted by Gasteiger charge is -2.01. The number of carbonyl (C=O) groups is 1. The van der Waals surface area contributed by atoms with Crippen molar-refractivity contribution in [1.82, 2.24) is 9.55 Å². The third-order valence-electron chi connectivity index (χ3n) is 2.40. The van der Waals surface area contributed by atoms with Crippen molar-refractivity contribution in [1.29, 1.82) is 0 Å². The predicted octanol–water partition coefficient (Wildman–Crippen LogP) is 0.730. The molecule has 0 unspecified atom stereocenters. The van der Waals surface area contributed by atoms with Crippen LogP contribution in [-0.4, -0.2) is 20.6 Å². The Hall–Kier alpha value is -1.88. The fourth-order valence-corrected chi connectivity index (χ4v) is 1.67. The molecule has 2 aromatic rings. The molecule has 0 atom stereocenters. The number of hydrogen-bond acceptors (Lipinski definition) is 3. The van der Waals surface area contributed by atoms with Crippen LogP contribution in [0.2, 0.25) is 0 Å². The zero-order valence-electron chi connectivity index (χ0n) is 8.27. The summed E-state index contributed by atoms with van der Waals surface area (Å²) in [6.45, 7) is 0.296. The van der Waals surface area contributed by atoms with E-state index >= 15 is 0 Å². The van der Waals surface area contributed by atoms with Crippen molar-refractivity contribution >= 4 is 17.0 Å². The van der Waals surface area contributed by atoms with E-state index in [9.17, 15) is 4.79 Å². The largest absolute Gasteiger partial charge is 0.478 e. The van der Waals surface area contributed by atoms with Gasteiger partial charge < -0.3 is 15.4 Å². The van der Waals surface area contributed by atoms with Gasteiger partial charge in [0.15, 0.2) is 0 Å². The van der Waals surface area contributed by atoms with E-state index in [2.05, 4.69) is 4.98 Å². The molecule has 0 spiro atoms. The topological polar surface area (TPSA) is 81.1 Å². The van der Waals surface area contributed by atoms with Crippen molar-refractivity contribution in [2.75, 3.05) is 0 Å². The minimum absolute atomic E-state index is 0.252. The first-order valence-electron chi connectivity index (χ1n) is 4.53. The molecule has 0 aliphatic rings. The highest BCUT2D eigenvalue weighted by atomic mass is 16.4. The Morgan fingerprint density at radius 2 is 2.33 bits per heavy atom. The van der Waals surface area contributed by atoms with Gasteiger partial charge in [0.2, 0.25) is 0 Å². The summed E-state index contributed by atoms with van der Waals surface area (Å²) in [6, 6.07) is 5.02. The summed E-state index contributed by atoms with van der Waals surface area (Å²) in [7, 11) is 1.77. The van der Waals surface area contributed by atoms with E-state index in [-0.39, 0.29) is 5.56 Å². The zero-order valence-corrected chi connectivity index (χ0v) is 8.27. The van der Waals surface area contributed by atoms with Gasteiger partial charge in [-0.25, -0.2) is 9.78 Å². The van der Waals surface area contributed by atoms with Crippen molar-refractivity contribution in [3.8, 4) is 0 Å². The van der Waals surface area contributed by atoms with Crippen LogP contribution in [0, 0.1) is 0 Å². The molecule has 1 aromatic carbocycles. The van der Waals surface area contributed by atoms with Crippen LogP contribution in [0.3, 0.4) is 0 Å². The van der Waals surface area contributed by atoms with Crippen LogP contribution in [0.15, 0.2) is 18.2 Å². The summed E-state index contributed by atoms with van der Waals surface area (Å²) in [4.78, 5) is 15.2. The van der Waals surface area contributed by atoms with Crippen molar-refractivity contribution in [3.63, 3.8) is 0 Å². The number of imidazole rings is 1. The molecule has 0 bridgehead atoms. The molecule has 5 heteroatoms. The monoisotopic (exact) mass is 205 g/mol. The number of fused-ring (bicyclic) bond motifs is 1. The van der Waals surface area contributed by atoms with Gasteiger partial charge in [-0.15, -0.1) is 0 Å². The maximum absolute atomic E-state index is 11.0. The molecule has 0 aliphatic heterocycles. The van der Waals surface area contributed by atoms with Gasteiger partial charge >= 0.3 is 5.97 Å². The van der Waals surface area contributed by atoms with Crippen molar-refractivity contribution in [2.24, 2.45) is 12.8 Å². The molecule has 0 amide bonds. The van der Waals surface area contributed by atoms with Gasteiger partial charge in [-0.3, -0.25) is 0 Å². The average molecular weight is 205 g/mol. The van der Waals surface area contributed by atoms with Gasteiger partial charge in [0.1, 0.15) is 5.82 Å². The number of para-hydroxylation sites is 1. The van der Waals surface area contributed by atoms with Crippen LogP contribution in [-0.2, 0) is 13.6 Å².